The standard InChI is InChI=1S/C19H21F3N2O2/c20-19(21,22)15-4-1-3-13(8-15)18(26)23-9-12-7-14(11-23)16-5-2-6-17(25)24(16)10-12/h1,3-4,8,12,14,16H,2,5-7,9-11H2/t12?,14?,16-/m1/s1. The number of carbonyl (C=O) groups is 2. The highest BCUT2D eigenvalue weighted by atomic mass is 19.4. The summed E-state index contributed by atoms with van der Waals surface area (Å²) in [5, 5.41) is 0. The maximum atomic E-state index is 12.9. The van der Waals surface area contributed by atoms with Gasteiger partial charge >= 0.3 is 6.18 Å². The second-order valence-corrected chi connectivity index (χ2v) is 7.66. The van der Waals surface area contributed by atoms with E-state index >= 15 is 0 Å². The summed E-state index contributed by atoms with van der Waals surface area (Å²) < 4.78 is 38.8. The topological polar surface area (TPSA) is 40.6 Å². The second kappa shape index (κ2) is 6.28. The average molecular weight is 366 g/mol. The van der Waals surface area contributed by atoms with Crippen LogP contribution in [0.4, 0.5) is 13.2 Å². The van der Waals surface area contributed by atoms with E-state index in [1.54, 1.807) is 4.90 Å². The van der Waals surface area contributed by atoms with Crippen LogP contribution in [0.1, 0.15) is 41.6 Å². The fourth-order valence-electron chi connectivity index (χ4n) is 4.79. The van der Waals surface area contributed by atoms with Gasteiger partial charge in [0.05, 0.1) is 5.56 Å². The molecule has 7 heteroatoms. The van der Waals surface area contributed by atoms with E-state index in [-0.39, 0.29) is 35.3 Å². The Hall–Kier alpha value is -2.05. The van der Waals surface area contributed by atoms with E-state index in [9.17, 15) is 22.8 Å². The molecule has 4 nitrogen and oxygen atoms in total. The van der Waals surface area contributed by atoms with Crippen molar-refractivity contribution in [2.24, 2.45) is 11.8 Å². The lowest BCUT2D eigenvalue weighted by Gasteiger charge is -2.52. The van der Waals surface area contributed by atoms with Crippen LogP contribution < -0.4 is 0 Å². The monoisotopic (exact) mass is 366 g/mol. The normalized spacial score (nSPS) is 28.7. The summed E-state index contributed by atoms with van der Waals surface area (Å²) in [4.78, 5) is 28.6. The number of piperidine rings is 3. The van der Waals surface area contributed by atoms with Gasteiger partial charge in [-0.2, -0.15) is 13.2 Å². The van der Waals surface area contributed by atoms with E-state index in [4.69, 9.17) is 0 Å². The van der Waals surface area contributed by atoms with E-state index in [0.717, 1.165) is 31.4 Å². The number of hydrogen-bond acceptors (Lipinski definition) is 2. The van der Waals surface area contributed by atoms with Crippen molar-refractivity contribution in [2.45, 2.75) is 37.9 Å². The molecule has 0 aliphatic carbocycles. The van der Waals surface area contributed by atoms with Crippen LogP contribution in [0.15, 0.2) is 24.3 Å². The number of benzene rings is 1. The molecule has 0 aromatic heterocycles. The van der Waals surface area contributed by atoms with Crippen LogP contribution in [0, 0.1) is 11.8 Å². The minimum absolute atomic E-state index is 0.0800. The molecule has 3 aliphatic heterocycles. The van der Waals surface area contributed by atoms with Crippen molar-refractivity contribution < 1.29 is 22.8 Å². The van der Waals surface area contributed by atoms with Gasteiger partial charge in [0.15, 0.2) is 0 Å². The molecule has 0 spiro atoms. The average Bonchev–Trinajstić information content (AvgIpc) is 2.61. The number of rotatable bonds is 1. The van der Waals surface area contributed by atoms with Crippen molar-refractivity contribution in [1.82, 2.24) is 9.80 Å². The van der Waals surface area contributed by atoms with Crippen molar-refractivity contribution in [3.05, 3.63) is 35.4 Å². The first-order chi connectivity index (χ1) is 12.3. The Bertz CT molecular complexity index is 734. The lowest BCUT2D eigenvalue weighted by atomic mass is 9.76. The Labute approximate surface area is 149 Å². The number of carbonyl (C=O) groups excluding carboxylic acids is 2. The SMILES string of the molecule is O=C(c1cccc(C(F)(F)F)c1)N1CC2CC(C1)[C@H]1CCCC(=O)N1C2. The van der Waals surface area contributed by atoms with Crippen LogP contribution >= 0.6 is 0 Å². The molecule has 3 saturated heterocycles. The molecule has 4 rings (SSSR count). The molecule has 0 N–H and O–H groups in total. The number of hydrogen-bond donors (Lipinski definition) is 0. The smallest absolute Gasteiger partial charge is 0.339 e. The van der Waals surface area contributed by atoms with Crippen LogP contribution in [-0.4, -0.2) is 47.3 Å². The summed E-state index contributed by atoms with van der Waals surface area (Å²) in [6.45, 7) is 1.68. The third-order valence-corrected chi connectivity index (χ3v) is 5.90. The first-order valence-corrected chi connectivity index (χ1v) is 9.09. The van der Waals surface area contributed by atoms with E-state index in [1.807, 2.05) is 4.90 Å². The highest BCUT2D eigenvalue weighted by molar-refractivity contribution is 5.94. The van der Waals surface area contributed by atoms with Gasteiger partial charge in [-0.25, -0.2) is 0 Å². The Balaban J connectivity index is 1.53. The molecule has 140 valence electrons. The molecule has 3 atom stereocenters. The van der Waals surface area contributed by atoms with Crippen molar-refractivity contribution >= 4 is 11.8 Å². The van der Waals surface area contributed by atoms with Gasteiger partial charge in [-0.1, -0.05) is 6.07 Å². The Morgan fingerprint density at radius 3 is 2.73 bits per heavy atom. The lowest BCUT2D eigenvalue weighted by Crippen LogP contribution is -2.61. The summed E-state index contributed by atoms with van der Waals surface area (Å²) in [5.41, 5.74) is -0.721. The third-order valence-electron chi connectivity index (χ3n) is 5.90. The zero-order valence-corrected chi connectivity index (χ0v) is 14.3. The van der Waals surface area contributed by atoms with Crippen molar-refractivity contribution in [2.75, 3.05) is 19.6 Å². The number of fused-ring (bicyclic) bond motifs is 4. The van der Waals surface area contributed by atoms with Gasteiger partial charge in [0.1, 0.15) is 0 Å². The predicted molar refractivity (Wildman–Crippen MR) is 88.3 cm³/mol. The summed E-state index contributed by atoms with van der Waals surface area (Å²) in [5.74, 6) is 0.290. The molecule has 3 aliphatic rings. The van der Waals surface area contributed by atoms with Gasteiger partial charge in [0.25, 0.3) is 5.91 Å². The van der Waals surface area contributed by atoms with E-state index in [0.29, 0.717) is 26.1 Å². The van der Waals surface area contributed by atoms with Crippen LogP contribution in [-0.2, 0) is 11.0 Å². The number of alkyl halides is 3. The molecule has 3 heterocycles. The van der Waals surface area contributed by atoms with Gasteiger partial charge in [0, 0.05) is 37.7 Å². The Morgan fingerprint density at radius 2 is 1.96 bits per heavy atom. The van der Waals surface area contributed by atoms with Gasteiger partial charge in [-0.3, -0.25) is 9.59 Å². The molecule has 1 aromatic rings. The van der Waals surface area contributed by atoms with Crippen LogP contribution in [0.3, 0.4) is 0 Å². The summed E-state index contributed by atoms with van der Waals surface area (Å²) in [7, 11) is 0. The largest absolute Gasteiger partial charge is 0.416 e. The fourth-order valence-corrected chi connectivity index (χ4v) is 4.79. The predicted octanol–water partition coefficient (Wildman–Crippen LogP) is 3.18. The maximum Gasteiger partial charge on any atom is 0.416 e. The van der Waals surface area contributed by atoms with Crippen molar-refractivity contribution in [1.29, 1.82) is 0 Å². The highest BCUT2D eigenvalue weighted by Gasteiger charge is 2.45. The number of halogens is 3. The minimum Gasteiger partial charge on any atom is -0.339 e. The summed E-state index contributed by atoms with van der Waals surface area (Å²) in [6.07, 6.45) is -1.04. The summed E-state index contributed by atoms with van der Waals surface area (Å²) >= 11 is 0. The second-order valence-electron chi connectivity index (χ2n) is 7.66. The minimum atomic E-state index is -4.46. The van der Waals surface area contributed by atoms with E-state index in [2.05, 4.69) is 0 Å². The third kappa shape index (κ3) is 3.08. The number of amides is 2. The molecule has 2 amide bonds. The molecule has 2 bridgehead atoms. The maximum absolute atomic E-state index is 12.9. The molecule has 2 unspecified atom stereocenters. The molecular formula is C19H21F3N2O2. The first kappa shape index (κ1) is 17.4. The zero-order chi connectivity index (χ0) is 18.5. The zero-order valence-electron chi connectivity index (χ0n) is 14.3. The summed E-state index contributed by atoms with van der Waals surface area (Å²) in [6, 6.07) is 4.81. The molecule has 0 radical (unpaired) electrons. The van der Waals surface area contributed by atoms with E-state index in [1.165, 1.54) is 12.1 Å². The van der Waals surface area contributed by atoms with Gasteiger partial charge in [-0.15, -0.1) is 0 Å². The van der Waals surface area contributed by atoms with E-state index < -0.39 is 11.7 Å². The molecule has 1 aromatic carbocycles. The van der Waals surface area contributed by atoms with Crippen LogP contribution in [0.25, 0.3) is 0 Å². The highest BCUT2D eigenvalue weighted by Crippen LogP contribution is 2.38. The van der Waals surface area contributed by atoms with Crippen molar-refractivity contribution in [3.8, 4) is 0 Å². The number of likely N-dealkylation sites (tertiary alicyclic amines) is 1. The first-order valence-electron chi connectivity index (χ1n) is 9.09. The Kier molecular flexibility index (Phi) is 4.20. The quantitative estimate of drug-likeness (QED) is 0.766. The lowest BCUT2D eigenvalue weighted by molar-refractivity contribution is -0.144. The van der Waals surface area contributed by atoms with Gasteiger partial charge in [0.2, 0.25) is 5.91 Å². The number of nitrogens with zero attached hydrogens (tertiary/aromatic N) is 2. The fraction of sp³-hybridized carbons (Fsp3) is 0.579. The van der Waals surface area contributed by atoms with Gasteiger partial charge in [-0.05, 0) is 49.3 Å². The van der Waals surface area contributed by atoms with Gasteiger partial charge < -0.3 is 9.80 Å². The molecule has 3 fully saturated rings. The molecular weight excluding hydrogens is 345 g/mol. The van der Waals surface area contributed by atoms with Crippen LogP contribution in [0.5, 0.6) is 0 Å². The van der Waals surface area contributed by atoms with Crippen LogP contribution in [0.2, 0.25) is 0 Å². The Morgan fingerprint density at radius 1 is 1.15 bits per heavy atom. The van der Waals surface area contributed by atoms with Crippen molar-refractivity contribution in [3.63, 3.8) is 0 Å². The molecule has 0 saturated carbocycles. The molecule has 26 heavy (non-hydrogen) atoms.